The van der Waals surface area contributed by atoms with Crippen molar-refractivity contribution in [3.63, 3.8) is 0 Å². The van der Waals surface area contributed by atoms with Gasteiger partial charge in [0.25, 0.3) is 0 Å². The molecule has 1 fully saturated rings. The van der Waals surface area contributed by atoms with Crippen molar-refractivity contribution in [1.82, 2.24) is 0 Å². The van der Waals surface area contributed by atoms with E-state index in [1.165, 1.54) is 12.7 Å². The monoisotopic (exact) mass is 234 g/mol. The molecule has 17 heavy (non-hydrogen) atoms. The minimum absolute atomic E-state index is 0.320. The lowest BCUT2D eigenvalue weighted by atomic mass is 9.88. The van der Waals surface area contributed by atoms with Gasteiger partial charge in [-0.1, -0.05) is 31.2 Å². The Kier molecular flexibility index (Phi) is 2.74. The van der Waals surface area contributed by atoms with E-state index < -0.39 is 11.2 Å². The molecule has 92 valence electrons. The number of methoxy groups -OCH3 is 1. The third-order valence-corrected chi connectivity index (χ3v) is 3.76. The Labute approximate surface area is 102 Å². The second-order valence-corrected chi connectivity index (χ2v) is 4.71. The van der Waals surface area contributed by atoms with Crippen LogP contribution in [0.5, 0.6) is 0 Å². The van der Waals surface area contributed by atoms with Crippen LogP contribution in [0.2, 0.25) is 0 Å². The highest BCUT2D eigenvalue weighted by Gasteiger charge is 2.70. The molecule has 1 aromatic rings. The molecule has 3 nitrogen and oxygen atoms in total. The van der Waals surface area contributed by atoms with Gasteiger partial charge in [-0.05, 0) is 31.4 Å². The Morgan fingerprint density at radius 1 is 1.29 bits per heavy atom. The quantitative estimate of drug-likeness (QED) is 0.595. The number of ether oxygens (including phenoxy) is 2. The number of hydrogen-bond acceptors (Lipinski definition) is 3. The maximum absolute atomic E-state index is 11.7. The van der Waals surface area contributed by atoms with E-state index in [0.29, 0.717) is 0 Å². The molecule has 0 aromatic heterocycles. The Balaban J connectivity index is 2.27. The van der Waals surface area contributed by atoms with Gasteiger partial charge in [-0.2, -0.15) is 0 Å². The molecule has 2 unspecified atom stereocenters. The number of hydrogen-bond donors (Lipinski definition) is 0. The number of aryl methyl sites for hydroxylation is 1. The first-order chi connectivity index (χ1) is 7.98. The molecule has 0 amide bonds. The van der Waals surface area contributed by atoms with Gasteiger partial charge < -0.3 is 9.47 Å². The number of benzene rings is 1. The Bertz CT molecular complexity index is 437. The highest BCUT2D eigenvalue weighted by Crippen LogP contribution is 2.55. The minimum atomic E-state index is -0.852. The van der Waals surface area contributed by atoms with Crippen molar-refractivity contribution in [3.8, 4) is 0 Å². The molecule has 3 heteroatoms. The van der Waals surface area contributed by atoms with Crippen LogP contribution in [0.1, 0.15) is 31.9 Å². The van der Waals surface area contributed by atoms with Crippen molar-refractivity contribution >= 4 is 5.97 Å². The summed E-state index contributed by atoms with van der Waals surface area (Å²) in [6, 6.07) is 8.18. The van der Waals surface area contributed by atoms with Crippen LogP contribution in [0, 0.1) is 0 Å². The van der Waals surface area contributed by atoms with Gasteiger partial charge >= 0.3 is 5.97 Å². The highest BCUT2D eigenvalue weighted by molar-refractivity contribution is 5.84. The zero-order chi connectivity index (χ0) is 12.7. The van der Waals surface area contributed by atoms with Crippen LogP contribution in [-0.4, -0.2) is 18.7 Å². The average Bonchev–Trinajstić information content (AvgIpc) is 2.94. The van der Waals surface area contributed by atoms with Gasteiger partial charge in [-0.15, -0.1) is 0 Å². The van der Waals surface area contributed by atoms with E-state index in [-0.39, 0.29) is 5.97 Å². The third-order valence-electron chi connectivity index (χ3n) is 3.76. The summed E-state index contributed by atoms with van der Waals surface area (Å²) in [5, 5.41) is 0. The SMILES string of the molecule is CCc1ccc(C2(C)OC2(C)C(=O)OC)cc1. The molecule has 1 heterocycles. The largest absolute Gasteiger partial charge is 0.467 e. The van der Waals surface area contributed by atoms with Crippen LogP contribution >= 0.6 is 0 Å². The molecule has 1 aliphatic heterocycles. The summed E-state index contributed by atoms with van der Waals surface area (Å²) >= 11 is 0. The van der Waals surface area contributed by atoms with Crippen LogP contribution in [0.15, 0.2) is 24.3 Å². The third kappa shape index (κ3) is 1.65. The van der Waals surface area contributed by atoms with Gasteiger partial charge in [0.1, 0.15) is 5.60 Å². The molecular formula is C14H18O3. The molecule has 1 saturated heterocycles. The number of rotatable bonds is 3. The van der Waals surface area contributed by atoms with Gasteiger partial charge in [0.15, 0.2) is 5.60 Å². The van der Waals surface area contributed by atoms with Crippen molar-refractivity contribution in [1.29, 1.82) is 0 Å². The standard InChI is InChI=1S/C14H18O3/c1-5-10-6-8-11(9-7-10)13(2)14(3,17-13)12(15)16-4/h6-9H,5H2,1-4H3. The van der Waals surface area contributed by atoms with Crippen LogP contribution in [0.25, 0.3) is 0 Å². The lowest BCUT2D eigenvalue weighted by Crippen LogP contribution is -2.29. The first-order valence-electron chi connectivity index (χ1n) is 5.86. The number of esters is 1. The highest BCUT2D eigenvalue weighted by atomic mass is 16.7. The fraction of sp³-hybridized carbons (Fsp3) is 0.500. The number of epoxide rings is 1. The number of carbonyl (C=O) groups excluding carboxylic acids is 1. The summed E-state index contributed by atoms with van der Waals surface area (Å²) in [5.41, 5.74) is 0.877. The summed E-state index contributed by atoms with van der Waals surface area (Å²) in [4.78, 5) is 11.7. The first-order valence-corrected chi connectivity index (χ1v) is 5.86. The zero-order valence-electron chi connectivity index (χ0n) is 10.7. The smallest absolute Gasteiger partial charge is 0.341 e. The van der Waals surface area contributed by atoms with Gasteiger partial charge in [0.2, 0.25) is 0 Å². The van der Waals surface area contributed by atoms with E-state index >= 15 is 0 Å². The maximum atomic E-state index is 11.7. The van der Waals surface area contributed by atoms with E-state index in [0.717, 1.165) is 12.0 Å². The van der Waals surface area contributed by atoms with Crippen molar-refractivity contribution in [2.45, 2.75) is 38.4 Å². The molecule has 0 spiro atoms. The molecule has 2 rings (SSSR count). The van der Waals surface area contributed by atoms with E-state index in [4.69, 9.17) is 9.47 Å². The lowest BCUT2D eigenvalue weighted by molar-refractivity contribution is -0.146. The van der Waals surface area contributed by atoms with Crippen molar-refractivity contribution < 1.29 is 14.3 Å². The van der Waals surface area contributed by atoms with Crippen LogP contribution in [-0.2, 0) is 26.3 Å². The Morgan fingerprint density at radius 2 is 1.88 bits per heavy atom. The second kappa shape index (κ2) is 3.84. The van der Waals surface area contributed by atoms with Gasteiger partial charge in [-0.3, -0.25) is 0 Å². The fourth-order valence-electron chi connectivity index (χ4n) is 2.21. The topological polar surface area (TPSA) is 38.8 Å². The second-order valence-electron chi connectivity index (χ2n) is 4.71. The molecule has 0 radical (unpaired) electrons. The molecule has 0 saturated carbocycles. The summed E-state index contributed by atoms with van der Waals surface area (Å²) in [6.07, 6.45) is 1.01. The first kappa shape index (κ1) is 12.1. The summed E-state index contributed by atoms with van der Waals surface area (Å²) in [5.74, 6) is -0.320. The molecule has 2 atom stereocenters. The maximum Gasteiger partial charge on any atom is 0.341 e. The van der Waals surface area contributed by atoms with Crippen molar-refractivity contribution in [3.05, 3.63) is 35.4 Å². The predicted octanol–water partition coefficient (Wildman–Crippen LogP) is 2.43. The fourth-order valence-corrected chi connectivity index (χ4v) is 2.21. The average molecular weight is 234 g/mol. The van der Waals surface area contributed by atoms with Crippen LogP contribution < -0.4 is 0 Å². The molecule has 0 N–H and O–H groups in total. The van der Waals surface area contributed by atoms with Gasteiger partial charge in [-0.25, -0.2) is 4.79 Å². The van der Waals surface area contributed by atoms with Crippen molar-refractivity contribution in [2.75, 3.05) is 7.11 Å². The normalized spacial score (nSPS) is 31.1. The predicted molar refractivity (Wildman–Crippen MR) is 64.7 cm³/mol. The summed E-state index contributed by atoms with van der Waals surface area (Å²) in [7, 11) is 1.38. The molecular weight excluding hydrogens is 216 g/mol. The Morgan fingerprint density at radius 3 is 2.35 bits per heavy atom. The van der Waals surface area contributed by atoms with Crippen molar-refractivity contribution in [2.24, 2.45) is 0 Å². The molecule has 1 aromatic carbocycles. The van der Waals surface area contributed by atoms with E-state index in [1.807, 2.05) is 19.1 Å². The van der Waals surface area contributed by atoms with Gasteiger partial charge in [0, 0.05) is 0 Å². The van der Waals surface area contributed by atoms with Crippen LogP contribution in [0.4, 0.5) is 0 Å². The summed E-state index contributed by atoms with van der Waals surface area (Å²) < 4.78 is 10.4. The molecule has 0 aliphatic carbocycles. The zero-order valence-corrected chi connectivity index (χ0v) is 10.7. The van der Waals surface area contributed by atoms with E-state index in [9.17, 15) is 4.79 Å². The summed E-state index contributed by atoms with van der Waals surface area (Å²) in [6.45, 7) is 5.81. The minimum Gasteiger partial charge on any atom is -0.467 e. The molecule has 0 bridgehead atoms. The van der Waals surface area contributed by atoms with E-state index in [1.54, 1.807) is 6.92 Å². The lowest BCUT2D eigenvalue weighted by Gasteiger charge is -2.11. The Hall–Kier alpha value is -1.35. The number of carbonyl (C=O) groups is 1. The van der Waals surface area contributed by atoms with Crippen LogP contribution in [0.3, 0.4) is 0 Å². The van der Waals surface area contributed by atoms with E-state index in [2.05, 4.69) is 19.1 Å². The van der Waals surface area contributed by atoms with Gasteiger partial charge in [0.05, 0.1) is 7.11 Å². The molecule has 1 aliphatic rings.